The summed E-state index contributed by atoms with van der Waals surface area (Å²) >= 11 is 0. The molecule has 2 aliphatic rings. The number of esters is 1. The molecule has 4 heteroatoms. The van der Waals surface area contributed by atoms with Gasteiger partial charge in [0, 0.05) is 0 Å². The maximum absolute atomic E-state index is 11.8. The molecule has 0 amide bonds. The van der Waals surface area contributed by atoms with Gasteiger partial charge in [-0.3, -0.25) is 0 Å². The number of cyclic esters (lactones) is 1. The van der Waals surface area contributed by atoms with E-state index in [9.17, 15) is 9.90 Å². The Morgan fingerprint density at radius 3 is 1.67 bits per heavy atom. The average molecular weight is 383 g/mol. The third kappa shape index (κ3) is 6.74. The molecule has 0 aromatic heterocycles. The van der Waals surface area contributed by atoms with Crippen molar-refractivity contribution in [3.8, 4) is 0 Å². The Labute approximate surface area is 166 Å². The molecule has 2 aliphatic heterocycles. The zero-order valence-electron chi connectivity index (χ0n) is 17.7. The summed E-state index contributed by atoms with van der Waals surface area (Å²) in [5, 5.41) is 10.3. The number of aliphatic hydroxyl groups is 1. The van der Waals surface area contributed by atoms with E-state index in [4.69, 9.17) is 9.47 Å². The first-order chi connectivity index (χ1) is 13.1. The Kier molecular flexibility index (Phi) is 10.1. The van der Waals surface area contributed by atoms with Crippen molar-refractivity contribution in [3.63, 3.8) is 0 Å². The van der Waals surface area contributed by atoms with Gasteiger partial charge in [0.25, 0.3) is 0 Å². The molecule has 2 heterocycles. The molecule has 4 atom stereocenters. The lowest BCUT2D eigenvalue weighted by Crippen LogP contribution is -2.37. The van der Waals surface area contributed by atoms with Crippen LogP contribution in [0.25, 0.3) is 0 Å². The minimum Gasteiger partial charge on any atom is -0.457 e. The highest BCUT2D eigenvalue weighted by atomic mass is 16.7. The third-order valence-electron chi connectivity index (χ3n) is 6.30. The summed E-state index contributed by atoms with van der Waals surface area (Å²) in [6.07, 6.45) is 19.4. The van der Waals surface area contributed by atoms with Gasteiger partial charge in [0.15, 0.2) is 0 Å². The molecule has 0 bridgehead atoms. The average Bonchev–Trinajstić information content (AvgIpc) is 3.36. The molecule has 2 rings (SSSR count). The van der Waals surface area contributed by atoms with E-state index in [0.717, 1.165) is 12.8 Å². The van der Waals surface area contributed by atoms with E-state index < -0.39 is 11.7 Å². The zero-order chi connectivity index (χ0) is 19.5. The van der Waals surface area contributed by atoms with E-state index >= 15 is 0 Å². The van der Waals surface area contributed by atoms with Crippen LogP contribution in [0, 0.1) is 0 Å². The molecule has 158 valence electrons. The number of rotatable bonds is 17. The maximum Gasteiger partial charge on any atom is 0.344 e. The van der Waals surface area contributed by atoms with Crippen molar-refractivity contribution in [2.24, 2.45) is 0 Å². The number of unbranched alkanes of at least 4 members (excludes halogenated alkanes) is 14. The van der Waals surface area contributed by atoms with Gasteiger partial charge in [0.1, 0.15) is 12.2 Å². The van der Waals surface area contributed by atoms with Crippen LogP contribution in [-0.4, -0.2) is 35.0 Å². The van der Waals surface area contributed by atoms with Crippen molar-refractivity contribution in [1.29, 1.82) is 0 Å². The second-order valence-electron chi connectivity index (χ2n) is 8.70. The van der Waals surface area contributed by atoms with Gasteiger partial charge in [0.2, 0.25) is 5.60 Å². The monoisotopic (exact) mass is 382 g/mol. The predicted octanol–water partition coefficient (Wildman–Crippen LogP) is 5.69. The number of hydrogen-bond donors (Lipinski definition) is 1. The molecule has 2 saturated heterocycles. The lowest BCUT2D eigenvalue weighted by molar-refractivity contribution is -0.157. The minimum absolute atomic E-state index is 0.215. The van der Waals surface area contributed by atoms with Gasteiger partial charge in [0.05, 0.1) is 6.10 Å². The van der Waals surface area contributed by atoms with Crippen molar-refractivity contribution in [3.05, 3.63) is 0 Å². The number of aliphatic hydroxyl groups excluding tert-OH is 1. The molecule has 0 aromatic carbocycles. The molecule has 0 spiro atoms. The molecule has 4 nitrogen and oxygen atoms in total. The highest BCUT2D eigenvalue weighted by molar-refractivity contribution is 5.87. The number of epoxide rings is 1. The highest BCUT2D eigenvalue weighted by Gasteiger charge is 2.75. The highest BCUT2D eigenvalue weighted by Crippen LogP contribution is 2.50. The normalized spacial score (nSPS) is 27.4. The number of hydrogen-bond acceptors (Lipinski definition) is 4. The molecule has 0 saturated carbocycles. The van der Waals surface area contributed by atoms with Crippen molar-refractivity contribution < 1.29 is 19.4 Å². The molecule has 27 heavy (non-hydrogen) atoms. The van der Waals surface area contributed by atoms with Gasteiger partial charge in [-0.25, -0.2) is 4.79 Å². The number of carbonyl (C=O) groups excluding carboxylic acids is 1. The summed E-state index contributed by atoms with van der Waals surface area (Å²) in [6.45, 7) is 4.10. The van der Waals surface area contributed by atoms with Gasteiger partial charge >= 0.3 is 5.97 Å². The fraction of sp³-hybridized carbons (Fsp3) is 0.957. The van der Waals surface area contributed by atoms with Crippen molar-refractivity contribution in [1.82, 2.24) is 0 Å². The first-order valence-corrected chi connectivity index (χ1v) is 11.7. The molecule has 0 radical (unpaired) electrons. The summed E-state index contributed by atoms with van der Waals surface area (Å²) in [7, 11) is 0. The Morgan fingerprint density at radius 2 is 1.30 bits per heavy atom. The molecule has 1 unspecified atom stereocenters. The van der Waals surface area contributed by atoms with E-state index in [1.807, 2.05) is 6.92 Å². The minimum atomic E-state index is -1.02. The van der Waals surface area contributed by atoms with E-state index in [0.29, 0.717) is 6.42 Å². The van der Waals surface area contributed by atoms with Crippen LogP contribution < -0.4 is 0 Å². The standard InChI is InChI=1S/C23H42O4/c1-3-4-5-6-7-8-9-10-11-12-13-14-15-16-17-18-20(24)23-21(27-23)19(2)26-22(23)25/h19-21,24H,3-18H2,1-2H3/t19-,20?,21-,23-/m0/s1. The van der Waals surface area contributed by atoms with E-state index in [-0.39, 0.29) is 18.2 Å². The van der Waals surface area contributed by atoms with Crippen LogP contribution in [0.4, 0.5) is 0 Å². The Bertz CT molecular complexity index is 425. The van der Waals surface area contributed by atoms with Crippen LogP contribution in [0.15, 0.2) is 0 Å². The smallest absolute Gasteiger partial charge is 0.344 e. The molecule has 1 N–H and O–H groups in total. The largest absolute Gasteiger partial charge is 0.457 e. The third-order valence-corrected chi connectivity index (χ3v) is 6.30. The number of carbonyl (C=O) groups is 1. The first kappa shape index (κ1) is 22.7. The quantitative estimate of drug-likeness (QED) is 0.199. The molecule has 0 aromatic rings. The number of fused-ring (bicyclic) bond motifs is 1. The lowest BCUT2D eigenvalue weighted by atomic mass is 9.94. The Hall–Kier alpha value is -0.610. The van der Waals surface area contributed by atoms with Crippen LogP contribution >= 0.6 is 0 Å². The van der Waals surface area contributed by atoms with E-state index in [2.05, 4.69) is 6.92 Å². The van der Waals surface area contributed by atoms with Crippen molar-refractivity contribution >= 4 is 5.97 Å². The fourth-order valence-corrected chi connectivity index (χ4v) is 4.44. The van der Waals surface area contributed by atoms with Gasteiger partial charge in [-0.2, -0.15) is 0 Å². The summed E-state index contributed by atoms with van der Waals surface area (Å²) in [4.78, 5) is 11.8. The van der Waals surface area contributed by atoms with Gasteiger partial charge < -0.3 is 14.6 Å². The lowest BCUT2D eigenvalue weighted by Gasteiger charge is -2.14. The maximum atomic E-state index is 11.8. The van der Waals surface area contributed by atoms with Crippen LogP contribution in [0.2, 0.25) is 0 Å². The zero-order valence-corrected chi connectivity index (χ0v) is 17.7. The van der Waals surface area contributed by atoms with Gasteiger partial charge in [-0.05, 0) is 13.3 Å². The topological polar surface area (TPSA) is 59.1 Å². The summed E-state index contributed by atoms with van der Waals surface area (Å²) in [6, 6.07) is 0. The van der Waals surface area contributed by atoms with Crippen LogP contribution in [-0.2, 0) is 14.3 Å². The Balaban J connectivity index is 1.33. The van der Waals surface area contributed by atoms with Gasteiger partial charge in [-0.15, -0.1) is 0 Å². The molecular weight excluding hydrogens is 340 g/mol. The van der Waals surface area contributed by atoms with Crippen LogP contribution in [0.5, 0.6) is 0 Å². The summed E-state index contributed by atoms with van der Waals surface area (Å²) in [5.74, 6) is -0.367. The first-order valence-electron chi connectivity index (χ1n) is 11.7. The second-order valence-corrected chi connectivity index (χ2v) is 8.70. The number of ether oxygens (including phenoxy) is 2. The predicted molar refractivity (Wildman–Crippen MR) is 109 cm³/mol. The fourth-order valence-electron chi connectivity index (χ4n) is 4.44. The second kappa shape index (κ2) is 12.1. The van der Waals surface area contributed by atoms with E-state index in [1.165, 1.54) is 83.5 Å². The van der Waals surface area contributed by atoms with Crippen molar-refractivity contribution in [2.45, 2.75) is 140 Å². The molecule has 0 aliphatic carbocycles. The molecule has 2 fully saturated rings. The SMILES string of the molecule is CCCCCCCCCCCCCCCCCC(O)[C@]12O[C@H]1[C@H](C)OC2=O. The summed E-state index contributed by atoms with van der Waals surface area (Å²) in [5.41, 5.74) is -1.02. The van der Waals surface area contributed by atoms with Crippen molar-refractivity contribution in [2.75, 3.05) is 0 Å². The van der Waals surface area contributed by atoms with Gasteiger partial charge in [-0.1, -0.05) is 103 Å². The summed E-state index contributed by atoms with van der Waals surface area (Å²) < 4.78 is 10.6. The molecular formula is C23H42O4. The van der Waals surface area contributed by atoms with Crippen LogP contribution in [0.3, 0.4) is 0 Å². The van der Waals surface area contributed by atoms with Crippen LogP contribution in [0.1, 0.15) is 117 Å². The Morgan fingerprint density at radius 1 is 0.852 bits per heavy atom. The van der Waals surface area contributed by atoms with E-state index in [1.54, 1.807) is 0 Å².